The fourth-order valence-electron chi connectivity index (χ4n) is 1.66. The summed E-state index contributed by atoms with van der Waals surface area (Å²) in [6, 6.07) is 0. The van der Waals surface area contributed by atoms with Gasteiger partial charge in [0.2, 0.25) is 0 Å². The highest BCUT2D eigenvalue weighted by Gasteiger charge is 2.11. The van der Waals surface area contributed by atoms with E-state index in [1.807, 2.05) is 0 Å². The maximum absolute atomic E-state index is 5.32. The van der Waals surface area contributed by atoms with Crippen molar-refractivity contribution in [1.29, 1.82) is 0 Å². The topological polar surface area (TPSA) is 42.5 Å². The number of hydrogen-bond donors (Lipinski definition) is 3. The van der Waals surface area contributed by atoms with Crippen molar-refractivity contribution >= 4 is 17.3 Å². The summed E-state index contributed by atoms with van der Waals surface area (Å²) >= 11 is 4.72. The van der Waals surface area contributed by atoms with Crippen molar-refractivity contribution < 1.29 is 4.90 Å². The fourth-order valence-corrected chi connectivity index (χ4v) is 1.77. The molecule has 0 aromatic heterocycles. The number of likely N-dealkylation sites (tertiary alicyclic amines) is 1. The van der Waals surface area contributed by atoms with Crippen LogP contribution in [0.25, 0.3) is 0 Å². The summed E-state index contributed by atoms with van der Waals surface area (Å²) < 4.78 is 0. The van der Waals surface area contributed by atoms with Gasteiger partial charge in [0.25, 0.3) is 0 Å². The molecule has 0 aliphatic carbocycles. The van der Waals surface area contributed by atoms with Crippen LogP contribution < -0.4 is 16.0 Å². The number of hydrogen-bond acceptors (Lipinski definition) is 1. The summed E-state index contributed by atoms with van der Waals surface area (Å²) in [7, 11) is 0. The summed E-state index contributed by atoms with van der Waals surface area (Å²) in [5.74, 6) is 0. The smallest absolute Gasteiger partial charge is 0.163 e. The maximum atomic E-state index is 5.32. The van der Waals surface area contributed by atoms with Gasteiger partial charge >= 0.3 is 0 Å². The zero-order chi connectivity index (χ0) is 8.81. The Hall–Kier alpha value is -0.350. The van der Waals surface area contributed by atoms with Gasteiger partial charge in [0, 0.05) is 0 Å². The summed E-state index contributed by atoms with van der Waals surface area (Å²) in [6.07, 6.45) is 4.16. The lowest BCUT2D eigenvalue weighted by molar-refractivity contribution is -0.903. The third-order valence-corrected chi connectivity index (χ3v) is 2.48. The van der Waals surface area contributed by atoms with Gasteiger partial charge in [0.05, 0.1) is 26.2 Å². The van der Waals surface area contributed by atoms with Gasteiger partial charge in [0.15, 0.2) is 5.11 Å². The van der Waals surface area contributed by atoms with E-state index in [1.54, 1.807) is 4.90 Å². The van der Waals surface area contributed by atoms with Crippen LogP contribution in [0.15, 0.2) is 0 Å². The lowest BCUT2D eigenvalue weighted by atomic mass is 10.1. The molecule has 1 fully saturated rings. The van der Waals surface area contributed by atoms with Gasteiger partial charge in [-0.25, -0.2) is 0 Å². The standard InChI is InChI=1S/C8H17N3S/c9-8(12)10-4-7-11-5-2-1-3-6-11/h1-7H2,(H3,9,10,12)/p+1. The fraction of sp³-hybridized carbons (Fsp3) is 0.875. The predicted octanol–water partition coefficient (Wildman–Crippen LogP) is -1.11. The Labute approximate surface area is 79.3 Å². The number of nitrogens with two attached hydrogens (primary N) is 1. The largest absolute Gasteiger partial charge is 0.376 e. The van der Waals surface area contributed by atoms with Gasteiger partial charge in [-0.1, -0.05) is 0 Å². The first-order chi connectivity index (χ1) is 5.79. The molecule has 70 valence electrons. The van der Waals surface area contributed by atoms with Gasteiger partial charge in [0.1, 0.15) is 0 Å². The Bertz CT molecular complexity index is 143. The van der Waals surface area contributed by atoms with Gasteiger partial charge in [-0.3, -0.25) is 0 Å². The molecule has 0 amide bonds. The molecule has 0 unspecified atom stereocenters. The third kappa shape index (κ3) is 3.88. The SMILES string of the molecule is NC(=S)NCC[NH+]1CCCCC1. The van der Waals surface area contributed by atoms with Gasteiger partial charge in [-0.2, -0.15) is 0 Å². The summed E-state index contributed by atoms with van der Waals surface area (Å²) in [6.45, 7) is 4.71. The van der Waals surface area contributed by atoms with Crippen LogP contribution in [0.2, 0.25) is 0 Å². The van der Waals surface area contributed by atoms with Crippen molar-refractivity contribution in [2.75, 3.05) is 26.2 Å². The van der Waals surface area contributed by atoms with E-state index in [-0.39, 0.29) is 0 Å². The lowest BCUT2D eigenvalue weighted by Crippen LogP contribution is -3.13. The Kier molecular flexibility index (Phi) is 4.32. The monoisotopic (exact) mass is 188 g/mol. The molecule has 0 radical (unpaired) electrons. The van der Waals surface area contributed by atoms with Crippen LogP contribution in [0, 0.1) is 0 Å². The van der Waals surface area contributed by atoms with Crippen LogP contribution in [0.4, 0.5) is 0 Å². The molecular formula is C8H18N3S+. The van der Waals surface area contributed by atoms with E-state index in [0.717, 1.165) is 13.1 Å². The minimum absolute atomic E-state index is 0.423. The molecule has 1 aliphatic heterocycles. The summed E-state index contributed by atoms with van der Waals surface area (Å²) in [5, 5.41) is 3.40. The molecule has 0 atom stereocenters. The Balaban J connectivity index is 2.01. The van der Waals surface area contributed by atoms with Crippen LogP contribution in [0.5, 0.6) is 0 Å². The van der Waals surface area contributed by atoms with Crippen molar-refractivity contribution in [1.82, 2.24) is 5.32 Å². The van der Waals surface area contributed by atoms with Crippen molar-refractivity contribution in [3.63, 3.8) is 0 Å². The van der Waals surface area contributed by atoms with Gasteiger partial charge in [-0.05, 0) is 31.5 Å². The van der Waals surface area contributed by atoms with Crippen molar-refractivity contribution in [2.45, 2.75) is 19.3 Å². The predicted molar refractivity (Wildman–Crippen MR) is 54.2 cm³/mol. The molecule has 12 heavy (non-hydrogen) atoms. The number of rotatable bonds is 3. The molecular weight excluding hydrogens is 170 g/mol. The molecule has 1 heterocycles. The molecule has 4 N–H and O–H groups in total. The molecule has 3 nitrogen and oxygen atoms in total. The lowest BCUT2D eigenvalue weighted by Gasteiger charge is -2.23. The Morgan fingerprint density at radius 2 is 2.00 bits per heavy atom. The normalized spacial score (nSPS) is 19.0. The van der Waals surface area contributed by atoms with Crippen molar-refractivity contribution in [3.8, 4) is 0 Å². The number of quaternary nitrogens is 1. The van der Waals surface area contributed by atoms with E-state index in [0.29, 0.717) is 5.11 Å². The van der Waals surface area contributed by atoms with Crippen LogP contribution in [-0.2, 0) is 0 Å². The summed E-state index contributed by atoms with van der Waals surface area (Å²) in [4.78, 5) is 1.69. The summed E-state index contributed by atoms with van der Waals surface area (Å²) in [5.41, 5.74) is 5.32. The molecule has 1 aliphatic rings. The molecule has 0 aromatic rings. The second-order valence-electron chi connectivity index (χ2n) is 3.35. The Morgan fingerprint density at radius 1 is 1.33 bits per heavy atom. The third-order valence-electron chi connectivity index (χ3n) is 2.34. The first-order valence-corrected chi connectivity index (χ1v) is 5.07. The Morgan fingerprint density at radius 3 is 2.58 bits per heavy atom. The van der Waals surface area contributed by atoms with E-state index >= 15 is 0 Å². The van der Waals surface area contributed by atoms with Crippen LogP contribution in [-0.4, -0.2) is 31.3 Å². The average molecular weight is 188 g/mol. The minimum Gasteiger partial charge on any atom is -0.376 e. The van der Waals surface area contributed by atoms with Crippen molar-refractivity contribution in [2.24, 2.45) is 5.73 Å². The van der Waals surface area contributed by atoms with E-state index in [9.17, 15) is 0 Å². The van der Waals surface area contributed by atoms with Gasteiger partial charge in [-0.15, -0.1) is 0 Å². The zero-order valence-corrected chi connectivity index (χ0v) is 8.25. The average Bonchev–Trinajstić information content (AvgIpc) is 2.05. The van der Waals surface area contributed by atoms with E-state index < -0.39 is 0 Å². The maximum Gasteiger partial charge on any atom is 0.163 e. The minimum atomic E-state index is 0.423. The van der Waals surface area contributed by atoms with Gasteiger partial charge < -0.3 is 16.0 Å². The second-order valence-corrected chi connectivity index (χ2v) is 3.79. The number of piperidine rings is 1. The highest BCUT2D eigenvalue weighted by atomic mass is 32.1. The molecule has 0 spiro atoms. The molecule has 0 saturated carbocycles. The molecule has 1 saturated heterocycles. The van der Waals surface area contributed by atoms with E-state index in [1.165, 1.54) is 32.4 Å². The molecule has 0 aromatic carbocycles. The molecule has 1 rings (SSSR count). The zero-order valence-electron chi connectivity index (χ0n) is 7.44. The van der Waals surface area contributed by atoms with Crippen LogP contribution >= 0.6 is 12.2 Å². The first-order valence-electron chi connectivity index (χ1n) is 4.66. The quantitative estimate of drug-likeness (QED) is 0.492. The van der Waals surface area contributed by atoms with E-state index in [2.05, 4.69) is 5.32 Å². The van der Waals surface area contributed by atoms with Crippen LogP contribution in [0.3, 0.4) is 0 Å². The number of thiocarbonyl (C=S) groups is 1. The van der Waals surface area contributed by atoms with E-state index in [4.69, 9.17) is 18.0 Å². The number of nitrogens with one attached hydrogen (secondary N) is 2. The first kappa shape index (κ1) is 9.74. The second kappa shape index (κ2) is 5.32. The van der Waals surface area contributed by atoms with Crippen LogP contribution in [0.1, 0.15) is 19.3 Å². The van der Waals surface area contributed by atoms with Crippen molar-refractivity contribution in [3.05, 3.63) is 0 Å². The molecule has 4 heteroatoms. The highest BCUT2D eigenvalue weighted by Crippen LogP contribution is 1.93. The molecule has 0 bridgehead atoms. The highest BCUT2D eigenvalue weighted by molar-refractivity contribution is 7.80.